The van der Waals surface area contributed by atoms with E-state index in [9.17, 15) is 4.79 Å². The van der Waals surface area contributed by atoms with Crippen LogP contribution in [0, 0.1) is 5.92 Å². The molecule has 2 heterocycles. The molecular weight excluding hydrogens is 310 g/mol. The first-order valence-electron chi connectivity index (χ1n) is 8.90. The summed E-state index contributed by atoms with van der Waals surface area (Å²) in [5.41, 5.74) is 2.79. The van der Waals surface area contributed by atoms with Crippen LogP contribution in [0.1, 0.15) is 28.9 Å². The van der Waals surface area contributed by atoms with E-state index in [4.69, 9.17) is 0 Å². The van der Waals surface area contributed by atoms with Crippen LogP contribution in [0.4, 0.5) is 5.69 Å². The number of hydrogen-bond acceptors (Lipinski definition) is 3. The molecule has 0 atom stereocenters. The highest BCUT2D eigenvalue weighted by atomic mass is 16.2. The molecule has 1 aliphatic heterocycles. The number of anilines is 1. The molecule has 1 N–H and O–H groups in total. The first-order valence-corrected chi connectivity index (χ1v) is 8.90. The molecule has 0 aliphatic carbocycles. The number of aromatic nitrogens is 1. The van der Waals surface area contributed by atoms with Gasteiger partial charge in [0.25, 0.3) is 5.91 Å². The summed E-state index contributed by atoms with van der Waals surface area (Å²) in [4.78, 5) is 18.9. The highest BCUT2D eigenvalue weighted by molar-refractivity contribution is 5.93. The average Bonchev–Trinajstić information content (AvgIpc) is 2.67. The molecular formula is C21H25N3O. The summed E-state index contributed by atoms with van der Waals surface area (Å²) in [6, 6.07) is 14.3. The van der Waals surface area contributed by atoms with Crippen molar-refractivity contribution in [2.24, 2.45) is 5.92 Å². The van der Waals surface area contributed by atoms with Crippen molar-refractivity contribution in [2.45, 2.75) is 19.3 Å². The first-order chi connectivity index (χ1) is 12.3. The zero-order chi connectivity index (χ0) is 17.5. The van der Waals surface area contributed by atoms with Crippen LogP contribution in [-0.2, 0) is 6.42 Å². The van der Waals surface area contributed by atoms with Crippen molar-refractivity contribution in [1.82, 2.24) is 9.88 Å². The number of benzene rings is 1. The maximum atomic E-state index is 12.7. The Balaban J connectivity index is 1.55. The molecule has 0 unspecified atom stereocenters. The Morgan fingerprint density at radius 1 is 1.24 bits per heavy atom. The van der Waals surface area contributed by atoms with Gasteiger partial charge in [0.05, 0.1) is 0 Å². The van der Waals surface area contributed by atoms with Gasteiger partial charge < -0.3 is 10.2 Å². The first kappa shape index (κ1) is 17.2. The maximum Gasteiger partial charge on any atom is 0.272 e. The van der Waals surface area contributed by atoms with Crippen molar-refractivity contribution in [1.29, 1.82) is 0 Å². The smallest absolute Gasteiger partial charge is 0.272 e. The summed E-state index contributed by atoms with van der Waals surface area (Å²) >= 11 is 0. The van der Waals surface area contributed by atoms with E-state index in [-0.39, 0.29) is 5.91 Å². The van der Waals surface area contributed by atoms with Gasteiger partial charge in [0, 0.05) is 31.5 Å². The maximum absolute atomic E-state index is 12.7. The molecule has 1 aliphatic rings. The lowest BCUT2D eigenvalue weighted by molar-refractivity contribution is 0.0684. The van der Waals surface area contributed by atoms with Crippen molar-refractivity contribution >= 4 is 11.6 Å². The van der Waals surface area contributed by atoms with E-state index in [1.165, 1.54) is 5.56 Å². The molecule has 130 valence electrons. The zero-order valence-corrected chi connectivity index (χ0v) is 14.5. The SMILES string of the molecule is C=CCNc1ccnc(C(=O)N2CCC(Cc3ccccc3)CC2)c1. The molecule has 1 amide bonds. The van der Waals surface area contributed by atoms with Gasteiger partial charge in [-0.15, -0.1) is 6.58 Å². The molecule has 0 saturated carbocycles. The second kappa shape index (κ2) is 8.47. The summed E-state index contributed by atoms with van der Waals surface area (Å²) < 4.78 is 0. The van der Waals surface area contributed by atoms with Gasteiger partial charge in [0.15, 0.2) is 0 Å². The molecule has 0 radical (unpaired) electrons. The summed E-state index contributed by atoms with van der Waals surface area (Å²) in [6.45, 7) is 5.98. The Kier molecular flexibility index (Phi) is 5.83. The summed E-state index contributed by atoms with van der Waals surface area (Å²) in [7, 11) is 0. The van der Waals surface area contributed by atoms with Gasteiger partial charge in [-0.3, -0.25) is 9.78 Å². The van der Waals surface area contributed by atoms with E-state index in [2.05, 4.69) is 47.2 Å². The number of nitrogens with one attached hydrogen (secondary N) is 1. The second-order valence-corrected chi connectivity index (χ2v) is 6.52. The quantitative estimate of drug-likeness (QED) is 0.817. The lowest BCUT2D eigenvalue weighted by Gasteiger charge is -2.32. The molecule has 4 heteroatoms. The van der Waals surface area contributed by atoms with Crippen molar-refractivity contribution in [3.05, 3.63) is 72.6 Å². The molecule has 25 heavy (non-hydrogen) atoms. The van der Waals surface area contributed by atoms with Crippen LogP contribution in [0.3, 0.4) is 0 Å². The summed E-state index contributed by atoms with van der Waals surface area (Å²) in [5, 5.41) is 3.20. The van der Waals surface area contributed by atoms with E-state index in [1.54, 1.807) is 12.3 Å². The van der Waals surface area contributed by atoms with Crippen molar-refractivity contribution in [3.63, 3.8) is 0 Å². The predicted octanol–water partition coefficient (Wildman–Crippen LogP) is 3.77. The van der Waals surface area contributed by atoms with Gasteiger partial charge in [-0.25, -0.2) is 0 Å². The highest BCUT2D eigenvalue weighted by Gasteiger charge is 2.24. The van der Waals surface area contributed by atoms with Crippen LogP contribution in [0.25, 0.3) is 0 Å². The molecule has 3 rings (SSSR count). The van der Waals surface area contributed by atoms with Gasteiger partial charge in [-0.05, 0) is 42.9 Å². The largest absolute Gasteiger partial charge is 0.381 e. The number of amides is 1. The van der Waals surface area contributed by atoms with Gasteiger partial charge in [0.2, 0.25) is 0 Å². The molecule has 0 bridgehead atoms. The van der Waals surface area contributed by atoms with Gasteiger partial charge in [0.1, 0.15) is 5.69 Å². The van der Waals surface area contributed by atoms with Gasteiger partial charge >= 0.3 is 0 Å². The summed E-state index contributed by atoms with van der Waals surface area (Å²) in [5.74, 6) is 0.681. The number of carbonyl (C=O) groups is 1. The number of piperidine rings is 1. The monoisotopic (exact) mass is 335 g/mol. The standard InChI is InChI=1S/C21H25N3O/c1-2-11-22-19-8-12-23-20(16-19)21(25)24-13-9-18(10-14-24)15-17-6-4-3-5-7-17/h2-8,12,16,18H,1,9-11,13-15H2,(H,22,23). The van der Waals surface area contributed by atoms with Crippen molar-refractivity contribution in [3.8, 4) is 0 Å². The lowest BCUT2D eigenvalue weighted by atomic mass is 9.90. The number of likely N-dealkylation sites (tertiary alicyclic amines) is 1. The predicted molar refractivity (Wildman–Crippen MR) is 102 cm³/mol. The minimum absolute atomic E-state index is 0.0282. The van der Waals surface area contributed by atoms with E-state index >= 15 is 0 Å². The third kappa shape index (κ3) is 4.69. The Morgan fingerprint density at radius 3 is 2.72 bits per heavy atom. The molecule has 1 fully saturated rings. The van der Waals surface area contributed by atoms with Gasteiger partial charge in [-0.2, -0.15) is 0 Å². The number of nitrogens with zero attached hydrogens (tertiary/aromatic N) is 2. The fourth-order valence-corrected chi connectivity index (χ4v) is 3.30. The molecule has 4 nitrogen and oxygen atoms in total. The van der Waals surface area contributed by atoms with Crippen molar-refractivity contribution < 1.29 is 4.79 Å². The van der Waals surface area contributed by atoms with Gasteiger partial charge in [-0.1, -0.05) is 36.4 Å². The van der Waals surface area contributed by atoms with Crippen LogP contribution in [0.5, 0.6) is 0 Å². The third-order valence-corrected chi connectivity index (χ3v) is 4.70. The number of pyridine rings is 1. The topological polar surface area (TPSA) is 45.2 Å². The lowest BCUT2D eigenvalue weighted by Crippen LogP contribution is -2.39. The molecule has 0 spiro atoms. The normalized spacial score (nSPS) is 15.0. The van der Waals surface area contributed by atoms with Crippen LogP contribution in [-0.4, -0.2) is 35.4 Å². The average molecular weight is 335 g/mol. The fraction of sp³-hybridized carbons (Fsp3) is 0.333. The van der Waals surface area contributed by atoms with Crippen LogP contribution in [0.2, 0.25) is 0 Å². The van der Waals surface area contributed by atoms with E-state index < -0.39 is 0 Å². The number of rotatable bonds is 6. The highest BCUT2D eigenvalue weighted by Crippen LogP contribution is 2.23. The fourth-order valence-electron chi connectivity index (χ4n) is 3.30. The molecule has 1 aromatic heterocycles. The Labute approximate surface area is 149 Å². The summed E-state index contributed by atoms with van der Waals surface area (Å²) in [6.07, 6.45) is 6.67. The molecule has 1 saturated heterocycles. The minimum atomic E-state index is 0.0282. The molecule has 1 aromatic carbocycles. The Bertz CT molecular complexity index is 706. The Morgan fingerprint density at radius 2 is 2.00 bits per heavy atom. The zero-order valence-electron chi connectivity index (χ0n) is 14.5. The minimum Gasteiger partial charge on any atom is -0.381 e. The van der Waals surface area contributed by atoms with Crippen molar-refractivity contribution in [2.75, 3.05) is 25.0 Å². The van der Waals surface area contributed by atoms with Crippen LogP contribution >= 0.6 is 0 Å². The number of carbonyl (C=O) groups excluding carboxylic acids is 1. The molecule has 2 aromatic rings. The Hall–Kier alpha value is -2.62. The van der Waals surface area contributed by atoms with E-state index in [1.807, 2.05) is 17.0 Å². The third-order valence-electron chi connectivity index (χ3n) is 4.70. The number of hydrogen-bond donors (Lipinski definition) is 1. The van der Waals surface area contributed by atoms with Crippen LogP contribution < -0.4 is 5.32 Å². The van der Waals surface area contributed by atoms with Crippen LogP contribution in [0.15, 0.2) is 61.3 Å². The van der Waals surface area contributed by atoms with E-state index in [0.717, 1.165) is 38.0 Å². The van der Waals surface area contributed by atoms with E-state index in [0.29, 0.717) is 18.2 Å². The second-order valence-electron chi connectivity index (χ2n) is 6.52.